The van der Waals surface area contributed by atoms with Gasteiger partial charge in [0.2, 0.25) is 0 Å². The fourth-order valence-electron chi connectivity index (χ4n) is 2.92. The molecule has 0 atom stereocenters. The lowest BCUT2D eigenvalue weighted by Crippen LogP contribution is -2.26. The molecule has 0 aliphatic carbocycles. The van der Waals surface area contributed by atoms with Crippen LogP contribution in [0.2, 0.25) is 0 Å². The number of ether oxygens (including phenoxy) is 1. The summed E-state index contributed by atoms with van der Waals surface area (Å²) in [6.07, 6.45) is 0. The van der Waals surface area contributed by atoms with Gasteiger partial charge in [0.1, 0.15) is 10.9 Å². The van der Waals surface area contributed by atoms with E-state index in [0.29, 0.717) is 0 Å². The Balaban J connectivity index is 2.20. The zero-order valence-corrected chi connectivity index (χ0v) is 16.8. The molecule has 2 nitrogen and oxygen atoms in total. The lowest BCUT2D eigenvalue weighted by molar-refractivity contribution is -0.146. The first kappa shape index (κ1) is 17.4. The van der Waals surface area contributed by atoms with Gasteiger partial charge >= 0.3 is 5.97 Å². The topological polar surface area (TPSA) is 26.3 Å². The third kappa shape index (κ3) is 3.22. The summed E-state index contributed by atoms with van der Waals surface area (Å²) in [5.41, 5.74) is 2.31. The lowest BCUT2D eigenvalue weighted by Gasteiger charge is -2.18. The number of alkyl halides is 2. The van der Waals surface area contributed by atoms with Crippen LogP contribution >= 0.6 is 31.9 Å². The predicted molar refractivity (Wildman–Crippen MR) is 107 cm³/mol. The molecule has 3 aromatic rings. The van der Waals surface area contributed by atoms with E-state index in [1.54, 1.807) is 13.8 Å². The van der Waals surface area contributed by atoms with Gasteiger partial charge in [0.05, 0.1) is 0 Å². The summed E-state index contributed by atoms with van der Waals surface area (Å²) >= 11 is 6.98. The van der Waals surface area contributed by atoms with Crippen LogP contribution in [0, 0.1) is 0 Å². The van der Waals surface area contributed by atoms with Gasteiger partial charge in [-0.05, 0) is 41.0 Å². The number of hydrogen-bond donors (Lipinski definition) is 0. The maximum atomic E-state index is 12.2. The van der Waals surface area contributed by atoms with E-state index >= 15 is 0 Å². The number of halogens is 2. The van der Waals surface area contributed by atoms with Crippen LogP contribution in [0.1, 0.15) is 25.0 Å². The lowest BCUT2D eigenvalue weighted by atomic mass is 9.93. The van der Waals surface area contributed by atoms with E-state index in [2.05, 4.69) is 56.1 Å². The number of fused-ring (bicyclic) bond motifs is 2. The Labute approximate surface area is 158 Å². The van der Waals surface area contributed by atoms with Gasteiger partial charge in [-0.2, -0.15) is 0 Å². The summed E-state index contributed by atoms with van der Waals surface area (Å²) in [5, 5.41) is 5.42. The summed E-state index contributed by atoms with van der Waals surface area (Å²) in [6.45, 7) is 3.84. The van der Waals surface area contributed by atoms with Crippen molar-refractivity contribution in [2.45, 2.75) is 30.1 Å². The highest BCUT2D eigenvalue weighted by atomic mass is 79.9. The second kappa shape index (κ2) is 6.85. The fraction of sp³-hybridized carbons (Fsp3) is 0.250. The van der Waals surface area contributed by atoms with Crippen molar-refractivity contribution in [1.29, 1.82) is 0 Å². The largest absolute Gasteiger partial charge is 0.460 e. The van der Waals surface area contributed by atoms with Crippen LogP contribution in [0.15, 0.2) is 48.5 Å². The van der Waals surface area contributed by atoms with Crippen LogP contribution < -0.4 is 0 Å². The maximum absolute atomic E-state index is 12.2. The minimum absolute atomic E-state index is 0.261. The van der Waals surface area contributed by atoms with Crippen LogP contribution in [0.25, 0.3) is 21.5 Å². The van der Waals surface area contributed by atoms with Gasteiger partial charge in [-0.25, -0.2) is 0 Å². The third-order valence-corrected chi connectivity index (χ3v) is 5.01. The van der Waals surface area contributed by atoms with E-state index in [-0.39, 0.29) is 12.6 Å². The summed E-state index contributed by atoms with van der Waals surface area (Å²) < 4.78 is 4.90. The van der Waals surface area contributed by atoms with E-state index in [1.807, 2.05) is 24.3 Å². The van der Waals surface area contributed by atoms with Gasteiger partial charge in [0, 0.05) is 10.9 Å². The van der Waals surface area contributed by atoms with E-state index in [0.717, 1.165) is 21.7 Å². The second-order valence-corrected chi connectivity index (χ2v) is 8.77. The Kier molecular flexibility index (Phi) is 4.97. The Morgan fingerprint density at radius 2 is 1.33 bits per heavy atom. The van der Waals surface area contributed by atoms with Crippen LogP contribution in [-0.2, 0) is 21.5 Å². The average Bonchev–Trinajstić information content (AvgIpc) is 2.57. The number of benzene rings is 3. The summed E-state index contributed by atoms with van der Waals surface area (Å²) in [4.78, 5) is 12.2. The molecule has 0 unspecified atom stereocenters. The normalized spacial score (nSPS) is 11.8. The smallest absolute Gasteiger partial charge is 0.322 e. The van der Waals surface area contributed by atoms with Gasteiger partial charge in [-0.1, -0.05) is 80.4 Å². The molecule has 4 heteroatoms. The van der Waals surface area contributed by atoms with Crippen molar-refractivity contribution in [3.05, 3.63) is 59.7 Å². The van der Waals surface area contributed by atoms with Crippen molar-refractivity contribution in [2.75, 3.05) is 0 Å². The molecule has 0 aliphatic heterocycles. The molecule has 0 fully saturated rings. The molecule has 0 amide bonds. The number of esters is 1. The minimum Gasteiger partial charge on any atom is -0.460 e. The van der Waals surface area contributed by atoms with Crippen molar-refractivity contribution in [3.63, 3.8) is 0 Å². The maximum Gasteiger partial charge on any atom is 0.322 e. The molecular weight excluding hydrogens is 432 g/mol. The van der Waals surface area contributed by atoms with Crippen LogP contribution in [0.5, 0.6) is 0 Å². The fourth-order valence-corrected chi connectivity index (χ4v) is 3.64. The Morgan fingerprint density at radius 1 is 0.917 bits per heavy atom. The van der Waals surface area contributed by atoms with Crippen LogP contribution in [0.3, 0.4) is 0 Å². The first-order chi connectivity index (χ1) is 11.4. The molecule has 0 saturated carbocycles. The Bertz CT molecular complexity index is 854. The Hall–Kier alpha value is -1.39. The molecule has 124 valence electrons. The monoisotopic (exact) mass is 448 g/mol. The summed E-state index contributed by atoms with van der Waals surface area (Å²) in [7, 11) is 0. The molecule has 0 heterocycles. The van der Waals surface area contributed by atoms with E-state index in [4.69, 9.17) is 4.74 Å². The number of rotatable bonds is 4. The Morgan fingerprint density at radius 3 is 1.71 bits per heavy atom. The van der Waals surface area contributed by atoms with Gasteiger partial charge in [-0.15, -0.1) is 0 Å². The van der Waals surface area contributed by atoms with Gasteiger partial charge in [0.15, 0.2) is 0 Å². The first-order valence-electron chi connectivity index (χ1n) is 7.76. The molecule has 0 spiro atoms. The number of carbonyl (C=O) groups excluding carboxylic acids is 1. The van der Waals surface area contributed by atoms with E-state index < -0.39 is 4.32 Å². The van der Waals surface area contributed by atoms with Gasteiger partial charge in [-0.3, -0.25) is 4.79 Å². The van der Waals surface area contributed by atoms with Crippen molar-refractivity contribution < 1.29 is 9.53 Å². The molecule has 0 radical (unpaired) electrons. The standard InChI is InChI=1S/C20H18Br2O2/c1-20(2,22)19(23)24-12-18-15-9-5-3-7-13(15)17(11-21)14-8-4-6-10-16(14)18/h3-10H,11-12H2,1-2H3. The van der Waals surface area contributed by atoms with Crippen molar-refractivity contribution in [3.8, 4) is 0 Å². The van der Waals surface area contributed by atoms with Crippen molar-refractivity contribution >= 4 is 59.4 Å². The first-order valence-corrected chi connectivity index (χ1v) is 9.68. The quantitative estimate of drug-likeness (QED) is 0.273. The van der Waals surface area contributed by atoms with Gasteiger partial charge in [0.25, 0.3) is 0 Å². The highest BCUT2D eigenvalue weighted by molar-refractivity contribution is 9.10. The SMILES string of the molecule is CC(C)(Br)C(=O)OCc1c2ccccc2c(CBr)c2ccccc12. The van der Waals surface area contributed by atoms with E-state index in [9.17, 15) is 4.79 Å². The zero-order valence-electron chi connectivity index (χ0n) is 13.6. The molecule has 0 aliphatic rings. The molecule has 0 saturated heterocycles. The predicted octanol–water partition coefficient (Wildman–Crippen LogP) is 6.10. The zero-order chi connectivity index (χ0) is 17.3. The highest BCUT2D eigenvalue weighted by Gasteiger charge is 2.26. The molecule has 0 aromatic heterocycles. The van der Waals surface area contributed by atoms with Crippen LogP contribution in [-0.4, -0.2) is 10.3 Å². The average molecular weight is 450 g/mol. The van der Waals surface area contributed by atoms with Crippen molar-refractivity contribution in [1.82, 2.24) is 0 Å². The molecule has 0 bridgehead atoms. The van der Waals surface area contributed by atoms with Crippen molar-refractivity contribution in [2.24, 2.45) is 0 Å². The van der Waals surface area contributed by atoms with E-state index in [1.165, 1.54) is 16.3 Å². The third-order valence-electron chi connectivity index (χ3n) is 4.12. The molecule has 0 N–H and O–H groups in total. The number of carbonyl (C=O) groups is 1. The van der Waals surface area contributed by atoms with Crippen LogP contribution in [0.4, 0.5) is 0 Å². The summed E-state index contributed by atoms with van der Waals surface area (Å²) in [6, 6.07) is 16.6. The molecule has 3 rings (SSSR count). The number of hydrogen-bond acceptors (Lipinski definition) is 2. The summed E-state index contributed by atoms with van der Waals surface area (Å²) in [5.74, 6) is -0.264. The molecule has 3 aromatic carbocycles. The highest BCUT2D eigenvalue weighted by Crippen LogP contribution is 2.34. The molecular formula is C20H18Br2O2. The minimum atomic E-state index is -0.686. The molecule has 24 heavy (non-hydrogen) atoms. The second-order valence-electron chi connectivity index (χ2n) is 6.23. The van der Waals surface area contributed by atoms with Gasteiger partial charge < -0.3 is 4.74 Å².